The van der Waals surface area contributed by atoms with Gasteiger partial charge in [-0.2, -0.15) is 13.2 Å². The van der Waals surface area contributed by atoms with E-state index in [1.807, 2.05) is 0 Å². The molecule has 3 heterocycles. The third-order valence-corrected chi connectivity index (χ3v) is 3.58. The van der Waals surface area contributed by atoms with Crippen molar-refractivity contribution >= 4 is 17.4 Å². The van der Waals surface area contributed by atoms with Crippen LogP contribution in [0.15, 0.2) is 36.7 Å². The molecule has 24 heavy (non-hydrogen) atoms. The number of pyridine rings is 2. The van der Waals surface area contributed by atoms with Crippen LogP contribution in [0.25, 0.3) is 5.65 Å². The molecule has 3 rings (SSSR count). The molecule has 0 radical (unpaired) electrons. The summed E-state index contributed by atoms with van der Waals surface area (Å²) in [7, 11) is 0. The normalized spacial score (nSPS) is 11.7. The van der Waals surface area contributed by atoms with E-state index < -0.39 is 17.6 Å². The Hall–Kier alpha value is -2.90. The molecule has 0 aromatic carbocycles. The summed E-state index contributed by atoms with van der Waals surface area (Å²) in [6.45, 7) is 3.34. The van der Waals surface area contributed by atoms with Gasteiger partial charge in [-0.15, -0.1) is 0 Å². The SMILES string of the molecule is Cc1cccnc1NC(=O)c1c(C)nc2ccc(C(F)(F)F)cn12. The molecule has 0 unspecified atom stereocenters. The number of halogens is 3. The van der Waals surface area contributed by atoms with E-state index >= 15 is 0 Å². The fraction of sp³-hybridized carbons (Fsp3) is 0.188. The van der Waals surface area contributed by atoms with Gasteiger partial charge in [-0.25, -0.2) is 9.97 Å². The van der Waals surface area contributed by atoms with Gasteiger partial charge in [-0.3, -0.25) is 9.20 Å². The summed E-state index contributed by atoms with van der Waals surface area (Å²) in [6.07, 6.45) is -2.11. The van der Waals surface area contributed by atoms with Crippen LogP contribution in [0.5, 0.6) is 0 Å². The number of carbonyl (C=O) groups excluding carboxylic acids is 1. The van der Waals surface area contributed by atoms with E-state index in [0.717, 1.165) is 22.2 Å². The molecule has 1 N–H and O–H groups in total. The van der Waals surface area contributed by atoms with Crippen molar-refractivity contribution in [2.24, 2.45) is 0 Å². The zero-order chi connectivity index (χ0) is 17.5. The average Bonchev–Trinajstić information content (AvgIpc) is 2.83. The quantitative estimate of drug-likeness (QED) is 0.779. The molecular weight excluding hydrogens is 321 g/mol. The third-order valence-electron chi connectivity index (χ3n) is 3.58. The number of hydrogen-bond acceptors (Lipinski definition) is 3. The highest BCUT2D eigenvalue weighted by molar-refractivity contribution is 6.04. The molecule has 0 spiro atoms. The molecule has 0 fully saturated rings. The lowest BCUT2D eigenvalue weighted by atomic mass is 10.2. The first-order chi connectivity index (χ1) is 11.3. The van der Waals surface area contributed by atoms with Crippen LogP contribution >= 0.6 is 0 Å². The smallest absolute Gasteiger partial charge is 0.305 e. The summed E-state index contributed by atoms with van der Waals surface area (Å²) in [6, 6.07) is 5.66. The maximum absolute atomic E-state index is 12.9. The number of carbonyl (C=O) groups is 1. The molecule has 5 nitrogen and oxygen atoms in total. The van der Waals surface area contributed by atoms with E-state index in [1.54, 1.807) is 26.0 Å². The van der Waals surface area contributed by atoms with Crippen molar-refractivity contribution in [1.82, 2.24) is 14.4 Å². The second-order valence-electron chi connectivity index (χ2n) is 5.31. The van der Waals surface area contributed by atoms with E-state index in [2.05, 4.69) is 15.3 Å². The standard InChI is InChI=1S/C16H13F3N4O/c1-9-4-3-7-20-14(9)22-15(24)13-10(2)21-12-6-5-11(8-23(12)13)16(17,18)19/h3-8H,1-2H3,(H,20,22,24). The van der Waals surface area contributed by atoms with E-state index in [9.17, 15) is 18.0 Å². The molecule has 0 atom stereocenters. The minimum absolute atomic E-state index is 0.0427. The Labute approximate surface area is 135 Å². The lowest BCUT2D eigenvalue weighted by Gasteiger charge is -2.09. The van der Waals surface area contributed by atoms with Crippen molar-refractivity contribution in [3.8, 4) is 0 Å². The second kappa shape index (κ2) is 5.63. The highest BCUT2D eigenvalue weighted by Crippen LogP contribution is 2.30. The molecule has 124 valence electrons. The highest BCUT2D eigenvalue weighted by Gasteiger charge is 2.31. The zero-order valence-corrected chi connectivity index (χ0v) is 12.8. The van der Waals surface area contributed by atoms with Gasteiger partial charge in [0.15, 0.2) is 0 Å². The summed E-state index contributed by atoms with van der Waals surface area (Å²) < 4.78 is 39.9. The first kappa shape index (κ1) is 16.0. The summed E-state index contributed by atoms with van der Waals surface area (Å²) in [5.41, 5.74) is 0.536. The fourth-order valence-corrected chi connectivity index (χ4v) is 2.39. The monoisotopic (exact) mass is 334 g/mol. The maximum atomic E-state index is 12.9. The number of nitrogens with one attached hydrogen (secondary N) is 1. The third kappa shape index (κ3) is 2.82. The molecule has 0 saturated heterocycles. The van der Waals surface area contributed by atoms with Gasteiger partial charge in [0.05, 0.1) is 11.3 Å². The number of amides is 1. The van der Waals surface area contributed by atoms with Gasteiger partial charge in [-0.05, 0) is 37.6 Å². The van der Waals surface area contributed by atoms with Crippen LogP contribution in [0.2, 0.25) is 0 Å². The number of fused-ring (bicyclic) bond motifs is 1. The van der Waals surface area contributed by atoms with Crippen molar-refractivity contribution in [1.29, 1.82) is 0 Å². The maximum Gasteiger partial charge on any atom is 0.417 e. The van der Waals surface area contributed by atoms with Gasteiger partial charge >= 0.3 is 6.18 Å². The van der Waals surface area contributed by atoms with Crippen molar-refractivity contribution in [2.45, 2.75) is 20.0 Å². The van der Waals surface area contributed by atoms with Crippen LogP contribution in [0.3, 0.4) is 0 Å². The van der Waals surface area contributed by atoms with Gasteiger partial charge < -0.3 is 5.32 Å². The zero-order valence-electron chi connectivity index (χ0n) is 12.8. The van der Waals surface area contributed by atoms with Crippen LogP contribution in [-0.2, 0) is 6.18 Å². The van der Waals surface area contributed by atoms with E-state index in [4.69, 9.17) is 0 Å². The number of alkyl halides is 3. The predicted molar refractivity (Wildman–Crippen MR) is 81.9 cm³/mol. The van der Waals surface area contributed by atoms with Crippen LogP contribution in [0.1, 0.15) is 27.3 Å². The summed E-state index contributed by atoms with van der Waals surface area (Å²) in [4.78, 5) is 20.7. The van der Waals surface area contributed by atoms with Gasteiger partial charge in [0.1, 0.15) is 17.2 Å². The average molecular weight is 334 g/mol. The Bertz CT molecular complexity index is 931. The number of imidazole rings is 1. The molecule has 0 saturated carbocycles. The van der Waals surface area contributed by atoms with Crippen LogP contribution in [-0.4, -0.2) is 20.3 Å². The number of rotatable bonds is 2. The molecule has 0 aliphatic rings. The number of hydrogen-bond donors (Lipinski definition) is 1. The largest absolute Gasteiger partial charge is 0.417 e. The van der Waals surface area contributed by atoms with Crippen molar-refractivity contribution in [3.05, 3.63) is 59.2 Å². The van der Waals surface area contributed by atoms with E-state index in [1.165, 1.54) is 12.3 Å². The lowest BCUT2D eigenvalue weighted by molar-refractivity contribution is -0.137. The topological polar surface area (TPSA) is 59.3 Å². The summed E-state index contributed by atoms with van der Waals surface area (Å²) in [5, 5.41) is 2.61. The minimum Gasteiger partial charge on any atom is -0.305 e. The molecular formula is C16H13F3N4O. The molecule has 3 aromatic rings. The van der Waals surface area contributed by atoms with Crippen molar-refractivity contribution < 1.29 is 18.0 Å². The Balaban J connectivity index is 2.06. The number of aryl methyl sites for hydroxylation is 2. The van der Waals surface area contributed by atoms with Gasteiger partial charge in [-0.1, -0.05) is 6.07 Å². The lowest BCUT2D eigenvalue weighted by Crippen LogP contribution is -2.17. The highest BCUT2D eigenvalue weighted by atomic mass is 19.4. The van der Waals surface area contributed by atoms with Crippen molar-refractivity contribution in [2.75, 3.05) is 5.32 Å². The Morgan fingerprint density at radius 2 is 1.96 bits per heavy atom. The van der Waals surface area contributed by atoms with E-state index in [-0.39, 0.29) is 11.3 Å². The van der Waals surface area contributed by atoms with Crippen molar-refractivity contribution in [3.63, 3.8) is 0 Å². The molecule has 0 bridgehead atoms. The fourth-order valence-electron chi connectivity index (χ4n) is 2.39. The molecule has 0 aliphatic heterocycles. The van der Waals surface area contributed by atoms with Crippen LogP contribution in [0.4, 0.5) is 19.0 Å². The Morgan fingerprint density at radius 1 is 1.21 bits per heavy atom. The number of nitrogens with zero attached hydrogens (tertiary/aromatic N) is 3. The first-order valence-electron chi connectivity index (χ1n) is 7.06. The molecule has 8 heteroatoms. The van der Waals surface area contributed by atoms with Gasteiger partial charge in [0, 0.05) is 12.4 Å². The summed E-state index contributed by atoms with van der Waals surface area (Å²) in [5.74, 6) is -0.218. The van der Waals surface area contributed by atoms with Gasteiger partial charge in [0.25, 0.3) is 5.91 Å². The van der Waals surface area contributed by atoms with Gasteiger partial charge in [0.2, 0.25) is 0 Å². The second-order valence-corrected chi connectivity index (χ2v) is 5.31. The number of aromatic nitrogens is 3. The van der Waals surface area contributed by atoms with E-state index in [0.29, 0.717) is 11.5 Å². The van der Waals surface area contributed by atoms with Crippen LogP contribution in [0, 0.1) is 13.8 Å². The minimum atomic E-state index is -4.50. The number of anilines is 1. The molecule has 0 aliphatic carbocycles. The first-order valence-corrected chi connectivity index (χ1v) is 7.06. The molecule has 3 aromatic heterocycles. The van der Waals surface area contributed by atoms with Crippen LogP contribution < -0.4 is 5.32 Å². The Kier molecular flexibility index (Phi) is 3.75. The Morgan fingerprint density at radius 3 is 2.62 bits per heavy atom. The summed E-state index contributed by atoms with van der Waals surface area (Å²) >= 11 is 0. The molecule has 1 amide bonds. The predicted octanol–water partition coefficient (Wildman–Crippen LogP) is 3.62.